The van der Waals surface area contributed by atoms with Crippen molar-refractivity contribution in [1.82, 2.24) is 14.5 Å². The zero-order valence-corrected chi connectivity index (χ0v) is 12.4. The molecule has 0 fully saturated rings. The molecule has 1 aromatic heterocycles. The second-order valence-corrected chi connectivity index (χ2v) is 6.46. The lowest BCUT2D eigenvalue weighted by molar-refractivity contribution is 0.219. The van der Waals surface area contributed by atoms with Crippen LogP contribution in [0.1, 0.15) is 39.8 Å². The molecule has 4 nitrogen and oxygen atoms in total. The zero-order valence-electron chi connectivity index (χ0n) is 11.6. The van der Waals surface area contributed by atoms with Crippen LogP contribution in [0.3, 0.4) is 0 Å². The van der Waals surface area contributed by atoms with Gasteiger partial charge < -0.3 is 5.32 Å². The van der Waals surface area contributed by atoms with Crippen LogP contribution in [-0.2, 0) is 6.54 Å². The maximum atomic E-state index is 4.20. The van der Waals surface area contributed by atoms with Crippen molar-refractivity contribution in [2.45, 2.75) is 40.7 Å². The van der Waals surface area contributed by atoms with Crippen molar-refractivity contribution in [3.8, 4) is 0 Å². The Morgan fingerprint density at radius 1 is 1.35 bits per heavy atom. The fourth-order valence-electron chi connectivity index (χ4n) is 1.81. The lowest BCUT2D eigenvalue weighted by Crippen LogP contribution is -2.29. The van der Waals surface area contributed by atoms with Gasteiger partial charge in [0.25, 0.3) is 0 Å². The second-order valence-electron chi connectivity index (χ2n) is 5.71. The summed E-state index contributed by atoms with van der Waals surface area (Å²) in [5.74, 6) is 0. The Hall–Kier alpha value is -0.680. The van der Waals surface area contributed by atoms with E-state index in [0.717, 1.165) is 36.8 Å². The van der Waals surface area contributed by atoms with Crippen molar-refractivity contribution < 1.29 is 0 Å². The molecule has 1 aromatic rings. The van der Waals surface area contributed by atoms with E-state index in [1.807, 2.05) is 0 Å². The standard InChI is InChI=1S/C12H24N4S/c1-6-7-13-11-10(14-15-17-11)8-16(5)9-12(2,3)4/h13H,6-9H2,1-5H3. The molecule has 0 bridgehead atoms. The van der Waals surface area contributed by atoms with Gasteiger partial charge in [-0.1, -0.05) is 32.2 Å². The molecule has 1 rings (SSSR count). The fourth-order valence-corrected chi connectivity index (χ4v) is 2.40. The van der Waals surface area contributed by atoms with Gasteiger partial charge in [0, 0.05) is 31.2 Å². The molecule has 98 valence electrons. The van der Waals surface area contributed by atoms with Crippen molar-refractivity contribution in [3.63, 3.8) is 0 Å². The minimum atomic E-state index is 0.315. The van der Waals surface area contributed by atoms with Crippen LogP contribution in [-0.4, -0.2) is 34.6 Å². The van der Waals surface area contributed by atoms with E-state index in [9.17, 15) is 0 Å². The molecule has 0 aliphatic carbocycles. The van der Waals surface area contributed by atoms with Gasteiger partial charge in [-0.05, 0) is 18.9 Å². The molecule has 0 unspecified atom stereocenters. The van der Waals surface area contributed by atoms with E-state index in [-0.39, 0.29) is 0 Å². The van der Waals surface area contributed by atoms with E-state index in [4.69, 9.17) is 0 Å². The molecule has 0 aliphatic rings. The average molecular weight is 256 g/mol. The number of hydrogen-bond donors (Lipinski definition) is 1. The van der Waals surface area contributed by atoms with Gasteiger partial charge in [0.15, 0.2) is 0 Å². The summed E-state index contributed by atoms with van der Waals surface area (Å²) in [6.07, 6.45) is 1.12. The van der Waals surface area contributed by atoms with Crippen molar-refractivity contribution in [2.24, 2.45) is 5.41 Å². The molecule has 0 saturated carbocycles. The Morgan fingerprint density at radius 2 is 2.06 bits per heavy atom. The Kier molecular flexibility index (Phi) is 5.33. The average Bonchev–Trinajstić information content (AvgIpc) is 2.59. The molecule has 0 atom stereocenters. The van der Waals surface area contributed by atoms with E-state index in [2.05, 4.69) is 54.5 Å². The number of hydrogen-bond acceptors (Lipinski definition) is 5. The topological polar surface area (TPSA) is 41.1 Å². The van der Waals surface area contributed by atoms with Gasteiger partial charge in [-0.2, -0.15) is 0 Å². The minimum Gasteiger partial charge on any atom is -0.374 e. The van der Waals surface area contributed by atoms with Gasteiger partial charge in [-0.25, -0.2) is 0 Å². The molecule has 17 heavy (non-hydrogen) atoms. The van der Waals surface area contributed by atoms with Gasteiger partial charge in [-0.3, -0.25) is 4.90 Å². The van der Waals surface area contributed by atoms with Crippen molar-refractivity contribution in [3.05, 3.63) is 5.69 Å². The number of nitrogens with zero attached hydrogens (tertiary/aromatic N) is 3. The summed E-state index contributed by atoms with van der Waals surface area (Å²) in [6, 6.07) is 0. The smallest absolute Gasteiger partial charge is 0.134 e. The first-order valence-corrected chi connectivity index (χ1v) is 6.93. The Morgan fingerprint density at radius 3 is 2.65 bits per heavy atom. The first-order valence-electron chi connectivity index (χ1n) is 6.16. The molecule has 1 N–H and O–H groups in total. The zero-order chi connectivity index (χ0) is 12.9. The second kappa shape index (κ2) is 6.31. The van der Waals surface area contributed by atoms with E-state index >= 15 is 0 Å². The van der Waals surface area contributed by atoms with Crippen molar-refractivity contribution in [1.29, 1.82) is 0 Å². The number of nitrogens with one attached hydrogen (secondary N) is 1. The third-order valence-corrected chi connectivity index (χ3v) is 2.98. The summed E-state index contributed by atoms with van der Waals surface area (Å²) >= 11 is 1.45. The summed E-state index contributed by atoms with van der Waals surface area (Å²) in [6.45, 7) is 11.8. The highest BCUT2D eigenvalue weighted by molar-refractivity contribution is 7.10. The number of anilines is 1. The molecule has 0 saturated heterocycles. The minimum absolute atomic E-state index is 0.315. The molecule has 0 aromatic carbocycles. The van der Waals surface area contributed by atoms with E-state index < -0.39 is 0 Å². The molecule has 5 heteroatoms. The number of rotatable bonds is 6. The van der Waals surface area contributed by atoms with Crippen LogP contribution < -0.4 is 5.32 Å². The highest BCUT2D eigenvalue weighted by Gasteiger charge is 2.16. The molecular formula is C12H24N4S. The largest absolute Gasteiger partial charge is 0.374 e. The maximum Gasteiger partial charge on any atom is 0.134 e. The van der Waals surface area contributed by atoms with Crippen LogP contribution in [0.4, 0.5) is 5.00 Å². The van der Waals surface area contributed by atoms with Crippen LogP contribution >= 0.6 is 11.5 Å². The first kappa shape index (κ1) is 14.4. The summed E-state index contributed by atoms with van der Waals surface area (Å²) in [4.78, 5) is 2.30. The number of aromatic nitrogens is 2. The molecule has 1 heterocycles. The van der Waals surface area contributed by atoms with Gasteiger partial charge >= 0.3 is 0 Å². The highest BCUT2D eigenvalue weighted by Crippen LogP contribution is 2.21. The molecular weight excluding hydrogens is 232 g/mol. The van der Waals surface area contributed by atoms with E-state index in [1.54, 1.807) is 0 Å². The van der Waals surface area contributed by atoms with Crippen molar-refractivity contribution >= 4 is 16.5 Å². The highest BCUT2D eigenvalue weighted by atomic mass is 32.1. The van der Waals surface area contributed by atoms with Gasteiger partial charge in [0.05, 0.1) is 0 Å². The fraction of sp³-hybridized carbons (Fsp3) is 0.833. The summed E-state index contributed by atoms with van der Waals surface area (Å²) in [7, 11) is 2.13. The van der Waals surface area contributed by atoms with Gasteiger partial charge in [0.1, 0.15) is 10.7 Å². The SMILES string of the molecule is CCCNc1snnc1CN(C)CC(C)(C)C. The molecule has 0 amide bonds. The first-order chi connectivity index (χ1) is 7.92. The Bertz CT molecular complexity index is 329. The van der Waals surface area contributed by atoms with E-state index in [1.165, 1.54) is 11.5 Å². The molecule has 0 radical (unpaired) electrons. The lowest BCUT2D eigenvalue weighted by Gasteiger charge is -2.25. The quantitative estimate of drug-likeness (QED) is 0.850. The van der Waals surface area contributed by atoms with Gasteiger partial charge in [0.2, 0.25) is 0 Å². The normalized spacial score (nSPS) is 12.1. The molecule has 0 spiro atoms. The predicted molar refractivity (Wildman–Crippen MR) is 74.5 cm³/mol. The van der Waals surface area contributed by atoms with Crippen LogP contribution in [0.25, 0.3) is 0 Å². The summed E-state index contributed by atoms with van der Waals surface area (Å²) in [5.41, 5.74) is 1.38. The third-order valence-electron chi connectivity index (χ3n) is 2.26. The van der Waals surface area contributed by atoms with Gasteiger partial charge in [-0.15, -0.1) is 5.10 Å². The lowest BCUT2D eigenvalue weighted by atomic mass is 9.96. The van der Waals surface area contributed by atoms with Crippen molar-refractivity contribution in [2.75, 3.05) is 25.5 Å². The van der Waals surface area contributed by atoms with E-state index in [0.29, 0.717) is 5.41 Å². The predicted octanol–water partition coefficient (Wildman–Crippen LogP) is 2.84. The monoisotopic (exact) mass is 256 g/mol. The van der Waals surface area contributed by atoms with Crippen LogP contribution in [0.5, 0.6) is 0 Å². The Labute approximate surface area is 109 Å². The third kappa shape index (κ3) is 5.46. The maximum absolute atomic E-state index is 4.20. The van der Waals surface area contributed by atoms with Crippen LogP contribution in [0, 0.1) is 5.41 Å². The van der Waals surface area contributed by atoms with Crippen LogP contribution in [0.2, 0.25) is 0 Å². The Balaban J connectivity index is 2.53. The summed E-state index contributed by atoms with van der Waals surface area (Å²) < 4.78 is 4.03. The van der Waals surface area contributed by atoms with Crippen LogP contribution in [0.15, 0.2) is 0 Å². The summed E-state index contributed by atoms with van der Waals surface area (Å²) in [5, 5.41) is 8.70. The molecule has 0 aliphatic heterocycles.